The van der Waals surface area contributed by atoms with Gasteiger partial charge in [0, 0.05) is 39.1 Å². The van der Waals surface area contributed by atoms with Crippen molar-refractivity contribution in [3.63, 3.8) is 0 Å². The highest BCUT2D eigenvalue weighted by atomic mass is 16.2. The van der Waals surface area contributed by atoms with Gasteiger partial charge in [-0.15, -0.1) is 0 Å². The van der Waals surface area contributed by atoms with Crippen molar-refractivity contribution >= 4 is 5.91 Å². The second-order valence-electron chi connectivity index (χ2n) is 5.02. The second-order valence-corrected chi connectivity index (χ2v) is 5.02. The molecule has 0 aromatic rings. The van der Waals surface area contributed by atoms with Crippen LogP contribution in [0.15, 0.2) is 0 Å². The molecule has 16 heavy (non-hydrogen) atoms. The van der Waals surface area contributed by atoms with Crippen molar-refractivity contribution in [2.24, 2.45) is 11.7 Å². The van der Waals surface area contributed by atoms with Gasteiger partial charge in [-0.05, 0) is 31.7 Å². The summed E-state index contributed by atoms with van der Waals surface area (Å²) in [5.74, 6) is 1.25. The van der Waals surface area contributed by atoms with Gasteiger partial charge in [0.05, 0.1) is 0 Å². The molecule has 2 aliphatic rings. The Morgan fingerprint density at radius 3 is 2.44 bits per heavy atom. The number of nitrogens with zero attached hydrogens (tertiary/aromatic N) is 2. The zero-order chi connectivity index (χ0) is 11.4. The van der Waals surface area contributed by atoms with Crippen molar-refractivity contribution in [3.05, 3.63) is 0 Å². The van der Waals surface area contributed by atoms with Crippen molar-refractivity contribution in [1.29, 1.82) is 0 Å². The van der Waals surface area contributed by atoms with Crippen LogP contribution in [0, 0.1) is 5.92 Å². The summed E-state index contributed by atoms with van der Waals surface area (Å²) in [6.07, 6.45) is 4.27. The third-order valence-electron chi connectivity index (χ3n) is 3.53. The smallest absolute Gasteiger partial charge is 0.222 e. The molecule has 0 unspecified atom stereocenters. The van der Waals surface area contributed by atoms with Crippen molar-refractivity contribution < 1.29 is 4.79 Å². The van der Waals surface area contributed by atoms with Gasteiger partial charge in [-0.3, -0.25) is 9.69 Å². The van der Waals surface area contributed by atoms with E-state index in [2.05, 4.69) is 4.90 Å². The maximum absolute atomic E-state index is 11.8. The Bertz CT molecular complexity index is 232. The molecule has 0 aromatic heterocycles. The van der Waals surface area contributed by atoms with E-state index in [4.69, 9.17) is 5.73 Å². The first-order valence-corrected chi connectivity index (χ1v) is 6.50. The molecule has 92 valence electrons. The van der Waals surface area contributed by atoms with E-state index in [1.807, 2.05) is 4.90 Å². The number of hydrogen-bond donors (Lipinski definition) is 1. The number of hydrogen-bond acceptors (Lipinski definition) is 3. The Morgan fingerprint density at radius 2 is 1.88 bits per heavy atom. The van der Waals surface area contributed by atoms with E-state index in [0.717, 1.165) is 38.5 Å². The lowest BCUT2D eigenvalue weighted by Gasteiger charge is -2.34. The normalized spacial score (nSPS) is 22.4. The maximum Gasteiger partial charge on any atom is 0.222 e. The summed E-state index contributed by atoms with van der Waals surface area (Å²) in [6, 6.07) is 0. The van der Waals surface area contributed by atoms with Crippen LogP contribution in [0.1, 0.15) is 25.7 Å². The first-order chi connectivity index (χ1) is 7.79. The third-order valence-corrected chi connectivity index (χ3v) is 3.53. The minimum atomic E-state index is 0.288. The summed E-state index contributed by atoms with van der Waals surface area (Å²) >= 11 is 0. The molecule has 4 nitrogen and oxygen atoms in total. The van der Waals surface area contributed by atoms with Gasteiger partial charge in [0.15, 0.2) is 0 Å². The summed E-state index contributed by atoms with van der Waals surface area (Å²) in [4.78, 5) is 16.3. The van der Waals surface area contributed by atoms with Crippen molar-refractivity contribution in [1.82, 2.24) is 9.80 Å². The predicted molar refractivity (Wildman–Crippen MR) is 64.0 cm³/mol. The molecule has 1 heterocycles. The molecule has 0 spiro atoms. The van der Waals surface area contributed by atoms with Crippen LogP contribution in [0.4, 0.5) is 0 Å². The van der Waals surface area contributed by atoms with E-state index in [1.54, 1.807) is 0 Å². The highest BCUT2D eigenvalue weighted by molar-refractivity contribution is 5.76. The van der Waals surface area contributed by atoms with Crippen LogP contribution in [0.5, 0.6) is 0 Å². The molecule has 1 saturated heterocycles. The van der Waals surface area contributed by atoms with Crippen LogP contribution < -0.4 is 5.73 Å². The molecular weight excluding hydrogens is 202 g/mol. The Hall–Kier alpha value is -0.610. The van der Waals surface area contributed by atoms with Gasteiger partial charge in [-0.1, -0.05) is 0 Å². The van der Waals surface area contributed by atoms with Crippen LogP contribution in [0.3, 0.4) is 0 Å². The standard InChI is InChI=1S/C12H23N3O/c13-5-1-2-12(16)15-8-6-14(7-9-15)10-11-3-4-11/h11H,1-10,13H2. The summed E-state index contributed by atoms with van der Waals surface area (Å²) < 4.78 is 0. The average molecular weight is 225 g/mol. The summed E-state index contributed by atoms with van der Waals surface area (Å²) in [7, 11) is 0. The van der Waals surface area contributed by atoms with Crippen LogP contribution in [-0.4, -0.2) is 55.0 Å². The van der Waals surface area contributed by atoms with Gasteiger partial charge in [-0.2, -0.15) is 0 Å². The number of nitrogens with two attached hydrogens (primary N) is 1. The van der Waals surface area contributed by atoms with Gasteiger partial charge in [-0.25, -0.2) is 0 Å². The quantitative estimate of drug-likeness (QED) is 0.731. The minimum absolute atomic E-state index is 0.288. The zero-order valence-electron chi connectivity index (χ0n) is 10.0. The van der Waals surface area contributed by atoms with Crippen molar-refractivity contribution in [3.8, 4) is 0 Å². The van der Waals surface area contributed by atoms with E-state index >= 15 is 0 Å². The average Bonchev–Trinajstić information content (AvgIpc) is 3.11. The van der Waals surface area contributed by atoms with Gasteiger partial charge in [0.25, 0.3) is 0 Å². The van der Waals surface area contributed by atoms with Crippen LogP contribution in [0.2, 0.25) is 0 Å². The number of piperazine rings is 1. The lowest BCUT2D eigenvalue weighted by molar-refractivity contribution is -0.133. The van der Waals surface area contributed by atoms with E-state index in [1.165, 1.54) is 19.4 Å². The molecule has 0 aromatic carbocycles. The van der Waals surface area contributed by atoms with Crippen LogP contribution in [0.25, 0.3) is 0 Å². The SMILES string of the molecule is NCCCC(=O)N1CCN(CC2CC2)CC1. The predicted octanol–water partition coefficient (Wildman–Crippen LogP) is 0.280. The topological polar surface area (TPSA) is 49.6 Å². The van der Waals surface area contributed by atoms with E-state index < -0.39 is 0 Å². The van der Waals surface area contributed by atoms with Gasteiger partial charge >= 0.3 is 0 Å². The molecule has 1 amide bonds. The van der Waals surface area contributed by atoms with Gasteiger partial charge in [0.2, 0.25) is 5.91 Å². The van der Waals surface area contributed by atoms with E-state index in [0.29, 0.717) is 13.0 Å². The van der Waals surface area contributed by atoms with Crippen LogP contribution in [-0.2, 0) is 4.79 Å². The number of carbonyl (C=O) groups excluding carboxylic acids is 1. The Balaban J connectivity index is 1.65. The fourth-order valence-electron chi connectivity index (χ4n) is 2.26. The van der Waals surface area contributed by atoms with Crippen LogP contribution >= 0.6 is 0 Å². The molecule has 1 saturated carbocycles. The Labute approximate surface area is 97.8 Å². The summed E-state index contributed by atoms with van der Waals surface area (Å²) in [5, 5.41) is 0. The molecule has 0 bridgehead atoms. The van der Waals surface area contributed by atoms with E-state index in [9.17, 15) is 4.79 Å². The molecule has 2 rings (SSSR count). The fraction of sp³-hybridized carbons (Fsp3) is 0.917. The molecule has 4 heteroatoms. The third kappa shape index (κ3) is 3.46. The molecule has 0 atom stereocenters. The Kier molecular flexibility index (Phi) is 4.18. The molecule has 0 radical (unpaired) electrons. The van der Waals surface area contributed by atoms with E-state index in [-0.39, 0.29) is 5.91 Å². The molecular formula is C12H23N3O. The summed E-state index contributed by atoms with van der Waals surface area (Å²) in [5.41, 5.74) is 5.41. The zero-order valence-corrected chi connectivity index (χ0v) is 10.0. The van der Waals surface area contributed by atoms with Gasteiger partial charge < -0.3 is 10.6 Å². The highest BCUT2D eigenvalue weighted by Gasteiger charge is 2.27. The first kappa shape index (κ1) is 11.9. The van der Waals surface area contributed by atoms with Crippen molar-refractivity contribution in [2.45, 2.75) is 25.7 Å². The monoisotopic (exact) mass is 225 g/mol. The Morgan fingerprint density at radius 1 is 1.19 bits per heavy atom. The first-order valence-electron chi connectivity index (χ1n) is 6.50. The summed E-state index contributed by atoms with van der Waals surface area (Å²) in [6.45, 7) is 5.82. The fourth-order valence-corrected chi connectivity index (χ4v) is 2.26. The second kappa shape index (κ2) is 5.64. The molecule has 2 fully saturated rings. The number of rotatable bonds is 5. The number of carbonyl (C=O) groups is 1. The molecule has 1 aliphatic carbocycles. The van der Waals surface area contributed by atoms with Gasteiger partial charge in [0.1, 0.15) is 0 Å². The minimum Gasteiger partial charge on any atom is -0.340 e. The van der Waals surface area contributed by atoms with Crippen molar-refractivity contribution in [2.75, 3.05) is 39.3 Å². The molecule has 1 aliphatic heterocycles. The largest absolute Gasteiger partial charge is 0.340 e. The lowest BCUT2D eigenvalue weighted by atomic mass is 10.2. The highest BCUT2D eigenvalue weighted by Crippen LogP contribution is 2.29. The number of amides is 1. The lowest BCUT2D eigenvalue weighted by Crippen LogP contribution is -2.49. The molecule has 2 N–H and O–H groups in total. The maximum atomic E-state index is 11.8.